The van der Waals surface area contributed by atoms with E-state index in [2.05, 4.69) is 20.9 Å². The lowest BCUT2D eigenvalue weighted by molar-refractivity contribution is -0.114. The molecule has 3 N–H and O–H groups in total. The molecule has 0 aliphatic rings. The maximum Gasteiger partial charge on any atom is 0.252 e. The molecule has 0 aliphatic carbocycles. The maximum absolute atomic E-state index is 11.9. The second kappa shape index (κ2) is 7.93. The van der Waals surface area contributed by atoms with Crippen LogP contribution in [0.3, 0.4) is 0 Å². The third kappa shape index (κ3) is 5.10. The van der Waals surface area contributed by atoms with Crippen molar-refractivity contribution in [1.82, 2.24) is 10.3 Å². The smallest absolute Gasteiger partial charge is 0.252 e. The molecule has 0 saturated carbocycles. The molecule has 0 saturated heterocycles. The largest absolute Gasteiger partial charge is 0.354 e. The number of hydrogen-bond acceptors (Lipinski definition) is 4. The zero-order valence-corrected chi connectivity index (χ0v) is 13.2. The zero-order valence-electron chi connectivity index (χ0n) is 13.2. The number of anilines is 3. The minimum Gasteiger partial charge on any atom is -0.354 e. The molecule has 0 unspecified atom stereocenters. The van der Waals surface area contributed by atoms with Gasteiger partial charge in [-0.3, -0.25) is 14.6 Å². The maximum atomic E-state index is 11.9. The Bertz CT molecular complexity index is 683. The third-order valence-corrected chi connectivity index (χ3v) is 3.03. The summed E-state index contributed by atoms with van der Waals surface area (Å²) in [5, 5.41) is 8.71. The van der Waals surface area contributed by atoms with Gasteiger partial charge in [-0.15, -0.1) is 0 Å². The van der Waals surface area contributed by atoms with Crippen LogP contribution in [0.2, 0.25) is 0 Å². The van der Waals surface area contributed by atoms with Gasteiger partial charge in [0.1, 0.15) is 0 Å². The molecule has 1 aromatic carbocycles. The van der Waals surface area contributed by atoms with Gasteiger partial charge < -0.3 is 16.0 Å². The number of aromatic nitrogens is 1. The molecular formula is C17H20N4O2. The van der Waals surface area contributed by atoms with Crippen LogP contribution in [0, 0.1) is 0 Å². The molecule has 23 heavy (non-hydrogen) atoms. The fourth-order valence-corrected chi connectivity index (χ4v) is 1.98. The summed E-state index contributed by atoms with van der Waals surface area (Å²) >= 11 is 0. The molecule has 0 radical (unpaired) electrons. The molecule has 120 valence electrons. The second-order valence-corrected chi connectivity index (χ2v) is 5.10. The van der Waals surface area contributed by atoms with Crippen molar-refractivity contribution >= 4 is 28.9 Å². The van der Waals surface area contributed by atoms with Crippen molar-refractivity contribution in [3.05, 3.63) is 48.3 Å². The van der Waals surface area contributed by atoms with Gasteiger partial charge >= 0.3 is 0 Å². The predicted molar refractivity (Wildman–Crippen MR) is 90.9 cm³/mol. The van der Waals surface area contributed by atoms with Crippen molar-refractivity contribution in [2.45, 2.75) is 20.3 Å². The first kappa shape index (κ1) is 16.5. The number of carbonyl (C=O) groups is 2. The zero-order chi connectivity index (χ0) is 16.7. The van der Waals surface area contributed by atoms with E-state index in [0.717, 1.165) is 23.5 Å². The van der Waals surface area contributed by atoms with Crippen molar-refractivity contribution in [2.24, 2.45) is 0 Å². The normalized spacial score (nSPS) is 10.0. The summed E-state index contributed by atoms with van der Waals surface area (Å²) in [4.78, 5) is 27.0. The van der Waals surface area contributed by atoms with Crippen LogP contribution >= 0.6 is 0 Å². The Labute approximate surface area is 135 Å². The SMILES string of the molecule is CCCNC(=O)c1cncc(Nc2ccc(NC(C)=O)cc2)c1. The van der Waals surface area contributed by atoms with Crippen molar-refractivity contribution in [3.63, 3.8) is 0 Å². The average molecular weight is 312 g/mol. The fourth-order valence-electron chi connectivity index (χ4n) is 1.98. The summed E-state index contributed by atoms with van der Waals surface area (Å²) in [6.07, 6.45) is 4.08. The highest BCUT2D eigenvalue weighted by Gasteiger charge is 2.06. The summed E-state index contributed by atoms with van der Waals surface area (Å²) in [6.45, 7) is 4.11. The van der Waals surface area contributed by atoms with Crippen molar-refractivity contribution < 1.29 is 9.59 Å². The van der Waals surface area contributed by atoms with Gasteiger partial charge in [0.15, 0.2) is 0 Å². The number of benzene rings is 1. The Morgan fingerprint density at radius 3 is 2.39 bits per heavy atom. The van der Waals surface area contributed by atoms with Crippen LogP contribution in [0.15, 0.2) is 42.7 Å². The van der Waals surface area contributed by atoms with Crippen LogP contribution in [0.1, 0.15) is 30.6 Å². The summed E-state index contributed by atoms with van der Waals surface area (Å²) < 4.78 is 0. The van der Waals surface area contributed by atoms with E-state index in [1.165, 1.54) is 13.1 Å². The minimum absolute atomic E-state index is 0.110. The topological polar surface area (TPSA) is 83.1 Å². The van der Waals surface area contributed by atoms with E-state index in [1.54, 1.807) is 24.4 Å². The Morgan fingerprint density at radius 1 is 1.04 bits per heavy atom. The summed E-state index contributed by atoms with van der Waals surface area (Å²) in [5.74, 6) is -0.246. The van der Waals surface area contributed by atoms with Gasteiger partial charge in [0, 0.05) is 31.0 Å². The minimum atomic E-state index is -0.135. The highest BCUT2D eigenvalue weighted by Crippen LogP contribution is 2.19. The lowest BCUT2D eigenvalue weighted by Crippen LogP contribution is -2.24. The summed E-state index contributed by atoms with van der Waals surface area (Å²) in [6, 6.07) is 9.04. The molecule has 0 aliphatic heterocycles. The number of amides is 2. The molecular weight excluding hydrogens is 292 g/mol. The van der Waals surface area contributed by atoms with Gasteiger partial charge in [-0.2, -0.15) is 0 Å². The summed E-state index contributed by atoms with van der Waals surface area (Å²) in [5.41, 5.74) is 2.81. The highest BCUT2D eigenvalue weighted by atomic mass is 16.2. The van der Waals surface area contributed by atoms with E-state index in [1.807, 2.05) is 19.1 Å². The standard InChI is InChI=1S/C17H20N4O2/c1-3-8-19-17(23)13-9-16(11-18-10-13)21-15-6-4-14(5-7-15)20-12(2)22/h4-7,9-11,21H,3,8H2,1-2H3,(H,19,23)(H,20,22). The van der Waals surface area contributed by atoms with Crippen LogP contribution in [0.5, 0.6) is 0 Å². The number of hydrogen-bond donors (Lipinski definition) is 3. The molecule has 6 heteroatoms. The van der Waals surface area contributed by atoms with Gasteiger partial charge in [0.05, 0.1) is 17.4 Å². The number of nitrogens with one attached hydrogen (secondary N) is 3. The van der Waals surface area contributed by atoms with Crippen LogP contribution < -0.4 is 16.0 Å². The molecule has 2 rings (SSSR count). The van der Waals surface area contributed by atoms with E-state index < -0.39 is 0 Å². The lowest BCUT2D eigenvalue weighted by Gasteiger charge is -2.09. The first-order valence-corrected chi connectivity index (χ1v) is 7.46. The lowest BCUT2D eigenvalue weighted by atomic mass is 10.2. The van der Waals surface area contributed by atoms with Gasteiger partial charge in [-0.25, -0.2) is 0 Å². The first-order valence-electron chi connectivity index (χ1n) is 7.46. The van der Waals surface area contributed by atoms with Crippen LogP contribution in [0.4, 0.5) is 17.1 Å². The van der Waals surface area contributed by atoms with E-state index >= 15 is 0 Å². The van der Waals surface area contributed by atoms with E-state index in [4.69, 9.17) is 0 Å². The number of carbonyl (C=O) groups excluding carboxylic acids is 2. The van der Waals surface area contributed by atoms with Gasteiger partial charge in [0.25, 0.3) is 5.91 Å². The fraction of sp³-hybridized carbons (Fsp3) is 0.235. The van der Waals surface area contributed by atoms with E-state index in [-0.39, 0.29) is 11.8 Å². The molecule has 6 nitrogen and oxygen atoms in total. The summed E-state index contributed by atoms with van der Waals surface area (Å²) in [7, 11) is 0. The highest BCUT2D eigenvalue weighted by molar-refractivity contribution is 5.94. The molecule has 0 bridgehead atoms. The Morgan fingerprint density at radius 2 is 1.74 bits per heavy atom. The predicted octanol–water partition coefficient (Wildman–Crippen LogP) is 2.92. The molecule has 2 aromatic rings. The molecule has 0 atom stereocenters. The Kier molecular flexibility index (Phi) is 5.68. The first-order chi connectivity index (χ1) is 11.1. The molecule has 1 aromatic heterocycles. The number of nitrogens with zero attached hydrogens (tertiary/aromatic N) is 1. The molecule has 1 heterocycles. The Balaban J connectivity index is 2.05. The molecule has 2 amide bonds. The average Bonchev–Trinajstić information content (AvgIpc) is 2.54. The number of pyridine rings is 1. The van der Waals surface area contributed by atoms with Crippen molar-refractivity contribution in [2.75, 3.05) is 17.2 Å². The number of rotatable bonds is 6. The Hall–Kier alpha value is -2.89. The van der Waals surface area contributed by atoms with Gasteiger partial charge in [-0.1, -0.05) is 6.92 Å². The van der Waals surface area contributed by atoms with Gasteiger partial charge in [0.2, 0.25) is 5.91 Å². The van der Waals surface area contributed by atoms with Crippen molar-refractivity contribution in [1.29, 1.82) is 0 Å². The second-order valence-electron chi connectivity index (χ2n) is 5.10. The molecule has 0 fully saturated rings. The van der Waals surface area contributed by atoms with E-state index in [0.29, 0.717) is 12.1 Å². The van der Waals surface area contributed by atoms with Crippen molar-refractivity contribution in [3.8, 4) is 0 Å². The van der Waals surface area contributed by atoms with Crippen LogP contribution in [0.25, 0.3) is 0 Å². The monoisotopic (exact) mass is 312 g/mol. The van der Waals surface area contributed by atoms with Gasteiger partial charge in [-0.05, 0) is 36.8 Å². The third-order valence-electron chi connectivity index (χ3n) is 3.03. The van der Waals surface area contributed by atoms with Crippen LogP contribution in [-0.4, -0.2) is 23.3 Å². The molecule has 0 spiro atoms. The quantitative estimate of drug-likeness (QED) is 0.766. The van der Waals surface area contributed by atoms with Crippen LogP contribution in [-0.2, 0) is 4.79 Å². The van der Waals surface area contributed by atoms with E-state index in [9.17, 15) is 9.59 Å².